The standard InChI is InChI=1S/C23H27N3O5/c1-15-6-4-8-19(12-15)24-22(27)17(3)31-23(28)18-9-10-20(21(13-18)26(29)30)25-11-5-7-16(2)14-25/h4,6,8-10,12-13,16-17H,5,7,11,14H2,1-3H3,(H,24,27)/t16-,17-/m0/s1. The molecule has 2 aromatic rings. The molecule has 1 heterocycles. The monoisotopic (exact) mass is 425 g/mol. The summed E-state index contributed by atoms with van der Waals surface area (Å²) < 4.78 is 5.25. The van der Waals surface area contributed by atoms with Crippen molar-refractivity contribution in [3.63, 3.8) is 0 Å². The number of hydrogen-bond donors (Lipinski definition) is 1. The first-order chi connectivity index (χ1) is 14.7. The van der Waals surface area contributed by atoms with Gasteiger partial charge in [0.2, 0.25) is 0 Å². The topological polar surface area (TPSA) is 102 Å². The molecular weight excluding hydrogens is 398 g/mol. The lowest BCUT2D eigenvalue weighted by Gasteiger charge is -2.32. The molecule has 164 valence electrons. The van der Waals surface area contributed by atoms with Crippen molar-refractivity contribution >= 4 is 28.9 Å². The van der Waals surface area contributed by atoms with Crippen LogP contribution in [-0.2, 0) is 9.53 Å². The van der Waals surface area contributed by atoms with Crippen LogP contribution in [0, 0.1) is 23.0 Å². The molecule has 1 fully saturated rings. The van der Waals surface area contributed by atoms with E-state index in [1.807, 2.05) is 24.0 Å². The first-order valence-electron chi connectivity index (χ1n) is 10.4. The minimum absolute atomic E-state index is 0.0377. The molecule has 1 saturated heterocycles. The Hall–Kier alpha value is -3.42. The molecule has 1 aliphatic rings. The van der Waals surface area contributed by atoms with Crippen molar-refractivity contribution in [3.05, 3.63) is 63.7 Å². The number of anilines is 2. The average molecular weight is 425 g/mol. The van der Waals surface area contributed by atoms with Crippen LogP contribution >= 0.6 is 0 Å². The second kappa shape index (κ2) is 9.59. The number of benzene rings is 2. The third-order valence-corrected chi connectivity index (χ3v) is 5.34. The number of aryl methyl sites for hydroxylation is 1. The summed E-state index contributed by atoms with van der Waals surface area (Å²) in [7, 11) is 0. The maximum Gasteiger partial charge on any atom is 0.339 e. The van der Waals surface area contributed by atoms with E-state index in [2.05, 4.69) is 12.2 Å². The van der Waals surface area contributed by atoms with E-state index in [4.69, 9.17) is 4.74 Å². The highest BCUT2D eigenvalue weighted by molar-refractivity contribution is 5.98. The largest absolute Gasteiger partial charge is 0.449 e. The van der Waals surface area contributed by atoms with Gasteiger partial charge in [-0.05, 0) is 62.4 Å². The van der Waals surface area contributed by atoms with Crippen LogP contribution in [0.3, 0.4) is 0 Å². The van der Waals surface area contributed by atoms with Crippen LogP contribution < -0.4 is 10.2 Å². The van der Waals surface area contributed by atoms with E-state index in [1.54, 1.807) is 18.2 Å². The molecule has 8 heteroatoms. The molecule has 0 aliphatic carbocycles. The van der Waals surface area contributed by atoms with E-state index in [-0.39, 0.29) is 11.3 Å². The van der Waals surface area contributed by atoms with Crippen LogP contribution in [-0.4, -0.2) is 36.0 Å². The van der Waals surface area contributed by atoms with Crippen LogP contribution in [0.25, 0.3) is 0 Å². The Labute approximate surface area is 181 Å². The lowest BCUT2D eigenvalue weighted by molar-refractivity contribution is -0.384. The lowest BCUT2D eigenvalue weighted by atomic mass is 9.99. The van der Waals surface area contributed by atoms with Gasteiger partial charge in [-0.15, -0.1) is 0 Å². The van der Waals surface area contributed by atoms with Crippen molar-refractivity contribution in [2.24, 2.45) is 5.92 Å². The number of nitrogens with one attached hydrogen (secondary N) is 1. The summed E-state index contributed by atoms with van der Waals surface area (Å²) in [5.41, 5.74) is 1.98. The first kappa shape index (κ1) is 22.3. The van der Waals surface area contributed by atoms with E-state index in [9.17, 15) is 19.7 Å². The second-order valence-electron chi connectivity index (χ2n) is 8.06. The Morgan fingerprint density at radius 2 is 2.03 bits per heavy atom. The van der Waals surface area contributed by atoms with E-state index in [0.717, 1.165) is 31.5 Å². The van der Waals surface area contributed by atoms with E-state index in [1.165, 1.54) is 19.1 Å². The minimum Gasteiger partial charge on any atom is -0.449 e. The van der Waals surface area contributed by atoms with Crippen LogP contribution in [0.1, 0.15) is 42.6 Å². The van der Waals surface area contributed by atoms with Gasteiger partial charge in [0.1, 0.15) is 5.69 Å². The number of carbonyl (C=O) groups is 2. The summed E-state index contributed by atoms with van der Waals surface area (Å²) in [6, 6.07) is 11.6. The number of hydrogen-bond acceptors (Lipinski definition) is 6. The summed E-state index contributed by atoms with van der Waals surface area (Å²) in [6.07, 6.45) is 1.00. The second-order valence-corrected chi connectivity index (χ2v) is 8.06. The minimum atomic E-state index is -1.06. The molecular formula is C23H27N3O5. The number of ether oxygens (including phenoxy) is 1. The van der Waals surface area contributed by atoms with Crippen molar-refractivity contribution in [1.29, 1.82) is 0 Å². The summed E-state index contributed by atoms with van der Waals surface area (Å²) in [5, 5.41) is 14.3. The SMILES string of the molecule is Cc1cccc(NC(=O)[C@H](C)OC(=O)c2ccc(N3CCC[C@H](C)C3)c([N+](=O)[O-])c2)c1. The van der Waals surface area contributed by atoms with Gasteiger partial charge in [-0.3, -0.25) is 14.9 Å². The number of piperidine rings is 1. The first-order valence-corrected chi connectivity index (χ1v) is 10.4. The molecule has 1 aliphatic heterocycles. The molecule has 3 rings (SSSR count). The molecule has 0 aromatic heterocycles. The van der Waals surface area contributed by atoms with Crippen LogP contribution in [0.2, 0.25) is 0 Å². The Bertz CT molecular complexity index is 991. The highest BCUT2D eigenvalue weighted by Crippen LogP contribution is 2.32. The Morgan fingerprint density at radius 1 is 1.26 bits per heavy atom. The molecule has 1 amide bonds. The molecule has 2 atom stereocenters. The molecule has 8 nitrogen and oxygen atoms in total. The number of esters is 1. The number of nitro groups is 1. The molecule has 0 unspecified atom stereocenters. The number of nitro benzene ring substituents is 1. The molecule has 2 aromatic carbocycles. The number of amides is 1. The molecule has 0 saturated carbocycles. The number of rotatable bonds is 6. The fourth-order valence-corrected chi connectivity index (χ4v) is 3.72. The van der Waals surface area contributed by atoms with Gasteiger partial charge < -0.3 is 15.0 Å². The van der Waals surface area contributed by atoms with Crippen LogP contribution in [0.5, 0.6) is 0 Å². The summed E-state index contributed by atoms with van der Waals surface area (Å²) in [5.74, 6) is -0.813. The Kier molecular flexibility index (Phi) is 6.89. The highest BCUT2D eigenvalue weighted by Gasteiger charge is 2.26. The third-order valence-electron chi connectivity index (χ3n) is 5.34. The zero-order chi connectivity index (χ0) is 22.5. The fourth-order valence-electron chi connectivity index (χ4n) is 3.72. The van der Waals surface area contributed by atoms with Gasteiger partial charge in [0, 0.05) is 24.8 Å². The van der Waals surface area contributed by atoms with Gasteiger partial charge in [-0.25, -0.2) is 4.79 Å². The van der Waals surface area contributed by atoms with Gasteiger partial charge in [0.15, 0.2) is 6.10 Å². The van der Waals surface area contributed by atoms with E-state index >= 15 is 0 Å². The third kappa shape index (κ3) is 5.59. The molecule has 1 N–H and O–H groups in total. The number of carbonyl (C=O) groups excluding carboxylic acids is 2. The summed E-state index contributed by atoms with van der Waals surface area (Å²) in [6.45, 7) is 6.96. The van der Waals surface area contributed by atoms with Gasteiger partial charge in [0.25, 0.3) is 11.6 Å². The Morgan fingerprint density at radius 3 is 2.71 bits per heavy atom. The average Bonchev–Trinajstić information content (AvgIpc) is 2.73. The van der Waals surface area contributed by atoms with Gasteiger partial charge in [0.05, 0.1) is 10.5 Å². The number of nitrogens with zero attached hydrogens (tertiary/aromatic N) is 2. The van der Waals surface area contributed by atoms with Gasteiger partial charge >= 0.3 is 5.97 Å². The molecule has 0 radical (unpaired) electrons. The van der Waals surface area contributed by atoms with Crippen molar-refractivity contribution in [1.82, 2.24) is 0 Å². The zero-order valence-electron chi connectivity index (χ0n) is 18.0. The normalized spacial score (nSPS) is 17.0. The van der Waals surface area contributed by atoms with Crippen molar-refractivity contribution in [2.75, 3.05) is 23.3 Å². The van der Waals surface area contributed by atoms with Crippen molar-refractivity contribution < 1.29 is 19.2 Å². The summed E-state index contributed by atoms with van der Waals surface area (Å²) >= 11 is 0. The quantitative estimate of drug-likeness (QED) is 0.420. The smallest absolute Gasteiger partial charge is 0.339 e. The molecule has 0 bridgehead atoms. The lowest BCUT2D eigenvalue weighted by Crippen LogP contribution is -2.34. The highest BCUT2D eigenvalue weighted by atomic mass is 16.6. The maximum absolute atomic E-state index is 12.5. The molecule has 31 heavy (non-hydrogen) atoms. The fraction of sp³-hybridized carbons (Fsp3) is 0.391. The van der Waals surface area contributed by atoms with E-state index < -0.39 is 22.9 Å². The maximum atomic E-state index is 12.5. The zero-order valence-corrected chi connectivity index (χ0v) is 18.0. The van der Waals surface area contributed by atoms with Crippen molar-refractivity contribution in [2.45, 2.75) is 39.7 Å². The van der Waals surface area contributed by atoms with Crippen LogP contribution in [0.4, 0.5) is 17.1 Å². The predicted octanol–water partition coefficient (Wildman–Crippen LogP) is 4.32. The van der Waals surface area contributed by atoms with Gasteiger partial charge in [-0.1, -0.05) is 19.1 Å². The summed E-state index contributed by atoms with van der Waals surface area (Å²) in [4.78, 5) is 38.0. The van der Waals surface area contributed by atoms with Crippen molar-refractivity contribution in [3.8, 4) is 0 Å². The van der Waals surface area contributed by atoms with Gasteiger partial charge in [-0.2, -0.15) is 0 Å². The van der Waals surface area contributed by atoms with Crippen LogP contribution in [0.15, 0.2) is 42.5 Å². The molecule has 0 spiro atoms. The Balaban J connectivity index is 1.71. The predicted molar refractivity (Wildman–Crippen MR) is 118 cm³/mol. The van der Waals surface area contributed by atoms with E-state index in [0.29, 0.717) is 17.3 Å².